The zero-order chi connectivity index (χ0) is 23.3. The van der Waals surface area contributed by atoms with Crippen molar-refractivity contribution in [3.05, 3.63) is 58.2 Å². The number of nitrogens with one attached hydrogen (secondary N) is 1. The Morgan fingerprint density at radius 1 is 1.06 bits per heavy atom. The lowest BCUT2D eigenvalue weighted by atomic mass is 9.85. The summed E-state index contributed by atoms with van der Waals surface area (Å²) in [4.78, 5) is 40.9. The molecule has 0 aliphatic carbocycles. The summed E-state index contributed by atoms with van der Waals surface area (Å²) in [5, 5.41) is 17.4. The fourth-order valence-corrected chi connectivity index (χ4v) is 4.95. The van der Waals surface area contributed by atoms with Crippen LogP contribution in [0.4, 0.5) is 10.5 Å². The number of hydrogen-bond acceptors (Lipinski definition) is 5. The van der Waals surface area contributed by atoms with E-state index in [1.807, 2.05) is 11.0 Å². The van der Waals surface area contributed by atoms with Gasteiger partial charge in [0.1, 0.15) is 5.54 Å². The predicted molar refractivity (Wildman–Crippen MR) is 123 cm³/mol. The molecule has 1 aromatic heterocycles. The molecule has 1 spiro atoms. The van der Waals surface area contributed by atoms with Gasteiger partial charge in [-0.25, -0.2) is 4.79 Å². The van der Waals surface area contributed by atoms with Crippen LogP contribution >= 0.6 is 23.2 Å². The average molecular weight is 488 g/mol. The monoisotopic (exact) mass is 487 g/mol. The van der Waals surface area contributed by atoms with E-state index in [1.54, 1.807) is 35.2 Å². The molecule has 3 aromatic rings. The highest BCUT2D eigenvalue weighted by Gasteiger charge is 2.51. The quantitative estimate of drug-likeness (QED) is 0.573. The highest BCUT2D eigenvalue weighted by Crippen LogP contribution is 2.38. The van der Waals surface area contributed by atoms with Crippen molar-refractivity contribution in [3.8, 4) is 0 Å². The highest BCUT2D eigenvalue weighted by molar-refractivity contribution is 6.42. The summed E-state index contributed by atoms with van der Waals surface area (Å²) in [7, 11) is 0. The van der Waals surface area contributed by atoms with E-state index in [9.17, 15) is 19.5 Å². The number of anilines is 1. The third kappa shape index (κ3) is 3.48. The molecule has 2 saturated heterocycles. The summed E-state index contributed by atoms with van der Waals surface area (Å²) in [6, 6.07) is 10.1. The Balaban J connectivity index is 1.35. The molecule has 2 fully saturated rings. The number of rotatable bonds is 2. The van der Waals surface area contributed by atoms with E-state index in [-0.39, 0.29) is 11.8 Å². The van der Waals surface area contributed by atoms with Gasteiger partial charge in [0.25, 0.3) is 5.91 Å². The lowest BCUT2D eigenvalue weighted by Crippen LogP contribution is -2.57. The van der Waals surface area contributed by atoms with Gasteiger partial charge >= 0.3 is 6.09 Å². The zero-order valence-corrected chi connectivity index (χ0v) is 18.8. The summed E-state index contributed by atoms with van der Waals surface area (Å²) in [6.07, 6.45) is 1.16. The molecular weight excluding hydrogens is 469 g/mol. The van der Waals surface area contributed by atoms with Gasteiger partial charge in [-0.1, -0.05) is 23.2 Å². The van der Waals surface area contributed by atoms with Crippen LogP contribution in [0.15, 0.2) is 42.6 Å². The Kier molecular flexibility index (Phi) is 5.18. The number of likely N-dealkylation sites (tertiary alicyclic amines) is 1. The number of nitrogens with zero attached hydrogens (tertiary/aromatic N) is 4. The first-order valence-electron chi connectivity index (χ1n) is 10.3. The van der Waals surface area contributed by atoms with Gasteiger partial charge in [-0.3, -0.25) is 9.59 Å². The van der Waals surface area contributed by atoms with Crippen LogP contribution in [0.1, 0.15) is 23.2 Å². The second-order valence-electron chi connectivity index (χ2n) is 8.13. The molecule has 170 valence electrons. The van der Waals surface area contributed by atoms with Gasteiger partial charge in [0.2, 0.25) is 5.91 Å². The number of piperidine rings is 1. The molecule has 2 amide bonds. The second kappa shape index (κ2) is 7.93. The molecular formula is C22H19Cl2N5O4. The standard InChI is InChI=1S/C22H19Cl2N5O4/c23-16-3-2-15(10-17(16)24)28-12-25-20(31)22(28)5-7-27(8-6-22)19(30)13-1-4-18-14(9-13)11-26-29(18)21(32)33/h1-4,9-11H,5-8,12H2,(H,25,31)(H,32,33). The predicted octanol–water partition coefficient (Wildman–Crippen LogP) is 3.44. The minimum absolute atomic E-state index is 0.0665. The van der Waals surface area contributed by atoms with Gasteiger partial charge in [0, 0.05) is 29.7 Å². The van der Waals surface area contributed by atoms with Crippen LogP contribution in [0.3, 0.4) is 0 Å². The summed E-state index contributed by atoms with van der Waals surface area (Å²) in [6.45, 7) is 1.15. The lowest BCUT2D eigenvalue weighted by Gasteiger charge is -2.43. The normalized spacial score (nSPS) is 17.6. The van der Waals surface area contributed by atoms with E-state index in [0.29, 0.717) is 59.1 Å². The molecule has 2 aromatic carbocycles. The van der Waals surface area contributed by atoms with E-state index in [0.717, 1.165) is 10.4 Å². The Labute approximate surface area is 198 Å². The Morgan fingerprint density at radius 3 is 2.52 bits per heavy atom. The van der Waals surface area contributed by atoms with Crippen molar-refractivity contribution in [2.24, 2.45) is 0 Å². The number of carbonyl (C=O) groups is 3. The second-order valence-corrected chi connectivity index (χ2v) is 8.94. The Morgan fingerprint density at radius 2 is 1.82 bits per heavy atom. The van der Waals surface area contributed by atoms with Gasteiger partial charge in [-0.15, -0.1) is 0 Å². The van der Waals surface area contributed by atoms with E-state index in [2.05, 4.69) is 10.4 Å². The van der Waals surface area contributed by atoms with Gasteiger partial charge in [0.15, 0.2) is 0 Å². The van der Waals surface area contributed by atoms with Crippen molar-refractivity contribution in [1.82, 2.24) is 20.0 Å². The summed E-state index contributed by atoms with van der Waals surface area (Å²) >= 11 is 12.2. The topological polar surface area (TPSA) is 108 Å². The third-order valence-corrected chi connectivity index (χ3v) is 7.16. The van der Waals surface area contributed by atoms with E-state index < -0.39 is 11.6 Å². The SMILES string of the molecule is O=C(c1ccc2c(cnn2C(=O)O)c1)N1CCC2(CC1)C(=O)NCN2c1ccc(Cl)c(Cl)c1. The first kappa shape index (κ1) is 21.5. The fraction of sp³-hybridized carbons (Fsp3) is 0.273. The van der Waals surface area contributed by atoms with Gasteiger partial charge in [0.05, 0.1) is 28.4 Å². The third-order valence-electron chi connectivity index (χ3n) is 6.43. The zero-order valence-electron chi connectivity index (χ0n) is 17.3. The maximum atomic E-state index is 13.1. The molecule has 0 atom stereocenters. The van der Waals surface area contributed by atoms with Crippen LogP contribution < -0.4 is 10.2 Å². The molecule has 3 heterocycles. The van der Waals surface area contributed by atoms with Crippen molar-refractivity contribution >= 4 is 57.7 Å². The van der Waals surface area contributed by atoms with Gasteiger partial charge in [-0.05, 0) is 49.2 Å². The highest BCUT2D eigenvalue weighted by atomic mass is 35.5. The van der Waals surface area contributed by atoms with Gasteiger partial charge in [-0.2, -0.15) is 9.78 Å². The number of hydrogen-bond donors (Lipinski definition) is 2. The molecule has 11 heteroatoms. The number of fused-ring (bicyclic) bond motifs is 1. The van der Waals surface area contributed by atoms with Crippen LogP contribution in [-0.4, -0.2) is 63.0 Å². The molecule has 0 radical (unpaired) electrons. The molecule has 33 heavy (non-hydrogen) atoms. The first-order valence-corrected chi connectivity index (χ1v) is 11.1. The Hall–Kier alpha value is -3.30. The van der Waals surface area contributed by atoms with Gasteiger partial charge < -0.3 is 20.2 Å². The van der Waals surface area contributed by atoms with Crippen LogP contribution in [0, 0.1) is 0 Å². The number of carboxylic acid groups (broad SMARTS) is 1. The summed E-state index contributed by atoms with van der Waals surface area (Å²) in [5.74, 6) is -0.238. The van der Waals surface area contributed by atoms with Crippen molar-refractivity contribution in [2.45, 2.75) is 18.4 Å². The number of benzene rings is 2. The lowest BCUT2D eigenvalue weighted by molar-refractivity contribution is -0.124. The molecule has 2 N–H and O–H groups in total. The maximum Gasteiger partial charge on any atom is 0.432 e. The molecule has 0 bridgehead atoms. The average Bonchev–Trinajstić information content (AvgIpc) is 3.37. The largest absolute Gasteiger partial charge is 0.463 e. The maximum absolute atomic E-state index is 13.1. The van der Waals surface area contributed by atoms with E-state index >= 15 is 0 Å². The first-order chi connectivity index (χ1) is 15.8. The molecule has 0 saturated carbocycles. The summed E-state index contributed by atoms with van der Waals surface area (Å²) in [5.41, 5.74) is 0.890. The van der Waals surface area contributed by atoms with Crippen molar-refractivity contribution in [3.63, 3.8) is 0 Å². The van der Waals surface area contributed by atoms with Crippen LogP contribution in [0.25, 0.3) is 10.9 Å². The molecule has 2 aliphatic rings. The molecule has 5 rings (SSSR count). The van der Waals surface area contributed by atoms with Crippen molar-refractivity contribution < 1.29 is 19.5 Å². The number of halogens is 2. The molecule has 0 unspecified atom stereocenters. The molecule has 2 aliphatic heterocycles. The van der Waals surface area contributed by atoms with Crippen molar-refractivity contribution in [2.75, 3.05) is 24.7 Å². The summed E-state index contributed by atoms with van der Waals surface area (Å²) < 4.78 is 0.866. The smallest absolute Gasteiger partial charge is 0.432 e. The minimum atomic E-state index is -1.19. The Bertz CT molecular complexity index is 1300. The van der Waals surface area contributed by atoms with E-state index in [1.165, 1.54) is 6.20 Å². The van der Waals surface area contributed by atoms with E-state index in [4.69, 9.17) is 23.2 Å². The van der Waals surface area contributed by atoms with Crippen LogP contribution in [0.5, 0.6) is 0 Å². The van der Waals surface area contributed by atoms with Crippen LogP contribution in [-0.2, 0) is 4.79 Å². The van der Waals surface area contributed by atoms with Crippen molar-refractivity contribution in [1.29, 1.82) is 0 Å². The number of amides is 2. The molecule has 9 nitrogen and oxygen atoms in total. The minimum Gasteiger partial charge on any atom is -0.463 e. The number of carbonyl (C=O) groups excluding carboxylic acids is 2. The number of aromatic nitrogens is 2. The fourth-order valence-electron chi connectivity index (χ4n) is 4.66. The van der Waals surface area contributed by atoms with Crippen LogP contribution in [0.2, 0.25) is 10.0 Å².